The Morgan fingerprint density at radius 1 is 1.09 bits per heavy atom. The number of nitrogens with zero attached hydrogens (tertiary/aromatic N) is 1. The molecular weight excluding hydrogens is 282 g/mol. The number of methoxy groups -OCH3 is 2. The molecule has 0 N–H and O–H groups in total. The number of hydrogen-bond acceptors (Lipinski definition) is 4. The van der Waals surface area contributed by atoms with E-state index in [0.29, 0.717) is 32.7 Å². The second-order valence-electron chi connectivity index (χ2n) is 7.42. The van der Waals surface area contributed by atoms with Gasteiger partial charge in [0.1, 0.15) is 5.78 Å². The van der Waals surface area contributed by atoms with Gasteiger partial charge in [-0.1, -0.05) is 20.8 Å². The van der Waals surface area contributed by atoms with Crippen LogP contribution in [0.15, 0.2) is 0 Å². The van der Waals surface area contributed by atoms with Gasteiger partial charge in [0.25, 0.3) is 0 Å². The van der Waals surface area contributed by atoms with E-state index in [4.69, 9.17) is 9.47 Å². The van der Waals surface area contributed by atoms with Gasteiger partial charge in [0.2, 0.25) is 5.91 Å². The van der Waals surface area contributed by atoms with Crippen molar-refractivity contribution in [3.63, 3.8) is 0 Å². The van der Waals surface area contributed by atoms with E-state index in [1.807, 2.05) is 11.8 Å². The largest absolute Gasteiger partial charge is 0.383 e. The van der Waals surface area contributed by atoms with Crippen LogP contribution in [0.3, 0.4) is 0 Å². The van der Waals surface area contributed by atoms with Gasteiger partial charge in [-0.2, -0.15) is 0 Å². The molecule has 0 aromatic carbocycles. The van der Waals surface area contributed by atoms with Gasteiger partial charge in [0, 0.05) is 39.1 Å². The van der Waals surface area contributed by atoms with Crippen LogP contribution in [0.1, 0.15) is 40.0 Å². The lowest BCUT2D eigenvalue weighted by atomic mass is 9.64. The number of carbonyl (C=O) groups excluding carboxylic acids is 2. The minimum Gasteiger partial charge on any atom is -0.383 e. The number of rotatable bonds is 7. The Morgan fingerprint density at radius 3 is 2.00 bits per heavy atom. The molecule has 0 aliphatic heterocycles. The molecule has 1 amide bonds. The van der Waals surface area contributed by atoms with Crippen molar-refractivity contribution in [2.75, 3.05) is 40.5 Å². The maximum absolute atomic E-state index is 13.3. The summed E-state index contributed by atoms with van der Waals surface area (Å²) in [6.07, 6.45) is 2.00. The fourth-order valence-electron chi connectivity index (χ4n) is 4.35. The molecule has 0 unspecified atom stereocenters. The number of ketones is 1. The summed E-state index contributed by atoms with van der Waals surface area (Å²) >= 11 is 0. The van der Waals surface area contributed by atoms with Gasteiger partial charge in [0.15, 0.2) is 0 Å². The molecule has 22 heavy (non-hydrogen) atoms. The smallest absolute Gasteiger partial charge is 0.229 e. The third-order valence-electron chi connectivity index (χ3n) is 6.53. The molecule has 126 valence electrons. The second-order valence-corrected chi connectivity index (χ2v) is 7.42. The maximum atomic E-state index is 13.3. The normalized spacial score (nSPS) is 32.5. The standard InChI is InChI=1S/C17H29NO4/c1-15(2)16(3)6-7-17(15,12-13(16)19)14(20)18(8-10-21-4)9-11-22-5/h6-12H2,1-5H3/t16-,17-/m1/s1. The highest BCUT2D eigenvalue weighted by Crippen LogP contribution is 2.70. The van der Waals surface area contributed by atoms with Crippen molar-refractivity contribution in [1.29, 1.82) is 0 Å². The van der Waals surface area contributed by atoms with Gasteiger partial charge < -0.3 is 14.4 Å². The van der Waals surface area contributed by atoms with Gasteiger partial charge in [-0.3, -0.25) is 9.59 Å². The first-order chi connectivity index (χ1) is 10.3. The summed E-state index contributed by atoms with van der Waals surface area (Å²) < 4.78 is 10.3. The molecule has 0 aromatic rings. The number of fused-ring (bicyclic) bond motifs is 2. The van der Waals surface area contributed by atoms with Gasteiger partial charge in [-0.05, 0) is 18.3 Å². The highest BCUT2D eigenvalue weighted by molar-refractivity contribution is 5.99. The third-order valence-corrected chi connectivity index (χ3v) is 6.53. The van der Waals surface area contributed by atoms with Crippen LogP contribution in [0.5, 0.6) is 0 Å². The molecule has 2 aliphatic carbocycles. The Bertz CT molecular complexity index is 454. The molecule has 2 aliphatic rings. The van der Waals surface area contributed by atoms with Crippen LogP contribution < -0.4 is 0 Å². The van der Waals surface area contributed by atoms with Crippen molar-refractivity contribution in [1.82, 2.24) is 4.90 Å². The molecule has 5 heteroatoms. The maximum Gasteiger partial charge on any atom is 0.229 e. The molecule has 2 fully saturated rings. The SMILES string of the molecule is COCCN(CCOC)C(=O)[C@@]12CC[C@](C)(C(=O)C1)C2(C)C. The first-order valence-electron chi connectivity index (χ1n) is 8.07. The van der Waals surface area contributed by atoms with E-state index < -0.39 is 5.41 Å². The van der Waals surface area contributed by atoms with E-state index in [1.54, 1.807) is 14.2 Å². The van der Waals surface area contributed by atoms with Crippen LogP contribution in [0, 0.1) is 16.2 Å². The van der Waals surface area contributed by atoms with Gasteiger partial charge in [-0.25, -0.2) is 0 Å². The zero-order valence-corrected chi connectivity index (χ0v) is 14.5. The number of ether oxygens (including phenoxy) is 2. The summed E-state index contributed by atoms with van der Waals surface area (Å²) in [5, 5.41) is 0. The number of carbonyl (C=O) groups is 2. The molecule has 0 spiro atoms. The van der Waals surface area contributed by atoms with Crippen molar-refractivity contribution >= 4 is 11.7 Å². The highest BCUT2D eigenvalue weighted by atomic mass is 16.5. The first kappa shape index (κ1) is 17.4. The molecule has 5 nitrogen and oxygen atoms in total. The summed E-state index contributed by atoms with van der Waals surface area (Å²) in [6.45, 7) is 8.30. The molecule has 2 atom stereocenters. The lowest BCUT2D eigenvalue weighted by molar-refractivity contribution is -0.149. The fourth-order valence-corrected chi connectivity index (χ4v) is 4.35. The van der Waals surface area contributed by atoms with E-state index in [2.05, 4.69) is 13.8 Å². The van der Waals surface area contributed by atoms with E-state index in [-0.39, 0.29) is 22.5 Å². The van der Waals surface area contributed by atoms with Crippen LogP contribution in [-0.4, -0.2) is 57.1 Å². The Balaban J connectivity index is 2.27. The van der Waals surface area contributed by atoms with Crippen LogP contribution in [-0.2, 0) is 19.1 Å². The summed E-state index contributed by atoms with van der Waals surface area (Å²) in [6, 6.07) is 0. The summed E-state index contributed by atoms with van der Waals surface area (Å²) in [5.74, 6) is 0.344. The summed E-state index contributed by atoms with van der Waals surface area (Å²) in [4.78, 5) is 27.6. The molecule has 0 saturated heterocycles. The van der Waals surface area contributed by atoms with Crippen molar-refractivity contribution in [3.8, 4) is 0 Å². The Kier molecular flexibility index (Phi) is 4.69. The van der Waals surface area contributed by atoms with Crippen molar-refractivity contribution < 1.29 is 19.1 Å². The minimum atomic E-state index is -0.555. The third kappa shape index (κ3) is 2.21. The first-order valence-corrected chi connectivity index (χ1v) is 8.07. The average Bonchev–Trinajstić information content (AvgIpc) is 2.77. The monoisotopic (exact) mass is 311 g/mol. The number of hydrogen-bond donors (Lipinski definition) is 0. The van der Waals surface area contributed by atoms with Crippen LogP contribution in [0.4, 0.5) is 0 Å². The number of amides is 1. The molecule has 2 bridgehead atoms. The number of Topliss-reactive ketones (excluding diaryl/α,β-unsaturated/α-hetero) is 1. The Labute approximate surface area is 133 Å². The van der Waals surface area contributed by atoms with Crippen molar-refractivity contribution in [2.45, 2.75) is 40.0 Å². The van der Waals surface area contributed by atoms with Crippen LogP contribution in [0.2, 0.25) is 0 Å². The average molecular weight is 311 g/mol. The zero-order chi connectivity index (χ0) is 16.6. The van der Waals surface area contributed by atoms with Crippen LogP contribution >= 0.6 is 0 Å². The van der Waals surface area contributed by atoms with E-state index >= 15 is 0 Å². The van der Waals surface area contributed by atoms with E-state index in [9.17, 15) is 9.59 Å². The van der Waals surface area contributed by atoms with Gasteiger partial charge in [0.05, 0.1) is 18.6 Å². The predicted molar refractivity (Wildman–Crippen MR) is 83.5 cm³/mol. The lowest BCUT2D eigenvalue weighted by Gasteiger charge is -2.41. The van der Waals surface area contributed by atoms with Gasteiger partial charge in [-0.15, -0.1) is 0 Å². The second kappa shape index (κ2) is 5.93. The quantitative estimate of drug-likeness (QED) is 0.720. The molecule has 0 heterocycles. The van der Waals surface area contributed by atoms with Gasteiger partial charge >= 0.3 is 0 Å². The summed E-state index contributed by atoms with van der Waals surface area (Å²) in [5.41, 5.74) is -1.22. The predicted octanol–water partition coefficient (Wildman–Crippen LogP) is 1.89. The Hall–Kier alpha value is -0.940. The van der Waals surface area contributed by atoms with Crippen molar-refractivity contribution in [2.24, 2.45) is 16.2 Å². The molecule has 0 radical (unpaired) electrons. The van der Waals surface area contributed by atoms with E-state index in [1.165, 1.54) is 0 Å². The molecule has 2 saturated carbocycles. The minimum absolute atomic E-state index is 0.0983. The zero-order valence-electron chi connectivity index (χ0n) is 14.5. The van der Waals surface area contributed by atoms with Crippen molar-refractivity contribution in [3.05, 3.63) is 0 Å². The molecular formula is C17H29NO4. The Morgan fingerprint density at radius 2 is 1.64 bits per heavy atom. The topological polar surface area (TPSA) is 55.8 Å². The molecule has 2 rings (SSSR count). The van der Waals surface area contributed by atoms with E-state index in [0.717, 1.165) is 12.8 Å². The fraction of sp³-hybridized carbons (Fsp3) is 0.882. The van der Waals surface area contributed by atoms with Crippen LogP contribution in [0.25, 0.3) is 0 Å². The highest BCUT2D eigenvalue weighted by Gasteiger charge is 2.72. The molecule has 0 aromatic heterocycles. The lowest BCUT2D eigenvalue weighted by Crippen LogP contribution is -2.50. The summed E-state index contributed by atoms with van der Waals surface area (Å²) in [7, 11) is 3.26.